The summed E-state index contributed by atoms with van der Waals surface area (Å²) in [6.07, 6.45) is 2.39. The molecular weight excluding hydrogens is 408 g/mol. The molecule has 0 unspecified atom stereocenters. The Morgan fingerprint density at radius 1 is 1.17 bits per heavy atom. The fourth-order valence-electron chi connectivity index (χ4n) is 3.07. The second kappa shape index (κ2) is 5.51. The van der Waals surface area contributed by atoms with Crippen molar-refractivity contribution in [3.8, 4) is 5.00 Å². The number of hydrogen-bond donors (Lipinski definition) is 0. The van der Waals surface area contributed by atoms with Crippen molar-refractivity contribution < 1.29 is 0 Å². The smallest absolute Gasteiger partial charge is 0.160 e. The minimum absolute atomic E-state index is 0.513. The average Bonchev–Trinajstić information content (AvgIpc) is 3.26. The SMILES string of the molecule is Clc1ccccc1C1=NCc2nnc(C3CC3)n2-c2sc(Br)cc21. The summed E-state index contributed by atoms with van der Waals surface area (Å²) >= 11 is 11.8. The van der Waals surface area contributed by atoms with Crippen LogP contribution in [0.2, 0.25) is 5.02 Å². The van der Waals surface area contributed by atoms with Crippen LogP contribution in [0.3, 0.4) is 0 Å². The standard InChI is InChI=1S/C17H12BrClN4S/c18-13-7-11-15(10-3-1-2-4-12(10)19)20-8-14-21-22-16(9-5-6-9)23(14)17(11)24-13/h1-4,7,9H,5-6,8H2. The Kier molecular flexibility index (Phi) is 3.40. The first-order valence-corrected chi connectivity index (χ1v) is 9.74. The summed E-state index contributed by atoms with van der Waals surface area (Å²) in [7, 11) is 0. The van der Waals surface area contributed by atoms with Gasteiger partial charge in [0.2, 0.25) is 0 Å². The molecule has 24 heavy (non-hydrogen) atoms. The van der Waals surface area contributed by atoms with E-state index in [9.17, 15) is 0 Å². The molecule has 1 aliphatic carbocycles. The molecule has 1 aliphatic heterocycles. The molecule has 2 aliphatic rings. The second-order valence-electron chi connectivity index (χ2n) is 6.00. The molecule has 1 saturated carbocycles. The third kappa shape index (κ3) is 2.28. The number of nitrogens with zero attached hydrogens (tertiary/aromatic N) is 4. The number of rotatable bonds is 2. The lowest BCUT2D eigenvalue weighted by Gasteiger charge is -2.09. The highest BCUT2D eigenvalue weighted by molar-refractivity contribution is 9.11. The fourth-order valence-corrected chi connectivity index (χ4v) is 4.90. The van der Waals surface area contributed by atoms with Gasteiger partial charge in [0.15, 0.2) is 5.82 Å². The first-order chi connectivity index (χ1) is 11.7. The van der Waals surface area contributed by atoms with Gasteiger partial charge in [-0.15, -0.1) is 21.5 Å². The van der Waals surface area contributed by atoms with E-state index >= 15 is 0 Å². The van der Waals surface area contributed by atoms with E-state index < -0.39 is 0 Å². The second-order valence-corrected chi connectivity index (χ2v) is 8.82. The summed E-state index contributed by atoms with van der Waals surface area (Å²) < 4.78 is 3.27. The maximum atomic E-state index is 6.44. The van der Waals surface area contributed by atoms with Crippen molar-refractivity contribution in [3.05, 3.63) is 61.9 Å². The van der Waals surface area contributed by atoms with Crippen LogP contribution >= 0.6 is 38.9 Å². The predicted molar refractivity (Wildman–Crippen MR) is 99.7 cm³/mol. The zero-order valence-electron chi connectivity index (χ0n) is 12.5. The van der Waals surface area contributed by atoms with Crippen LogP contribution in [0.4, 0.5) is 0 Å². The third-order valence-electron chi connectivity index (χ3n) is 4.35. The topological polar surface area (TPSA) is 43.1 Å². The number of halogens is 2. The van der Waals surface area contributed by atoms with Gasteiger partial charge in [-0.1, -0.05) is 29.8 Å². The number of fused-ring (bicyclic) bond motifs is 3. The molecule has 3 aromatic rings. The van der Waals surface area contributed by atoms with Crippen molar-refractivity contribution in [2.24, 2.45) is 4.99 Å². The summed E-state index contributed by atoms with van der Waals surface area (Å²) in [6, 6.07) is 9.97. The van der Waals surface area contributed by atoms with Crippen LogP contribution in [0.25, 0.3) is 5.00 Å². The monoisotopic (exact) mass is 418 g/mol. The fraction of sp³-hybridized carbons (Fsp3) is 0.235. The van der Waals surface area contributed by atoms with Crippen LogP contribution in [0.15, 0.2) is 39.1 Å². The zero-order chi connectivity index (χ0) is 16.3. The van der Waals surface area contributed by atoms with Gasteiger partial charge in [-0.3, -0.25) is 9.56 Å². The third-order valence-corrected chi connectivity index (χ3v) is 6.30. The van der Waals surface area contributed by atoms with Gasteiger partial charge in [0.05, 0.1) is 9.50 Å². The minimum atomic E-state index is 0.513. The number of aromatic nitrogens is 3. The van der Waals surface area contributed by atoms with Gasteiger partial charge in [-0.05, 0) is 40.9 Å². The Balaban J connectivity index is 1.75. The highest BCUT2D eigenvalue weighted by atomic mass is 79.9. The lowest BCUT2D eigenvalue weighted by atomic mass is 10.0. The van der Waals surface area contributed by atoms with E-state index in [1.165, 1.54) is 12.8 Å². The van der Waals surface area contributed by atoms with Crippen LogP contribution in [-0.2, 0) is 6.54 Å². The van der Waals surface area contributed by atoms with Crippen molar-refractivity contribution >= 4 is 44.6 Å². The van der Waals surface area contributed by atoms with Gasteiger partial charge >= 0.3 is 0 Å². The van der Waals surface area contributed by atoms with E-state index in [-0.39, 0.29) is 0 Å². The molecule has 3 heterocycles. The van der Waals surface area contributed by atoms with Crippen LogP contribution in [0.5, 0.6) is 0 Å². The average molecular weight is 420 g/mol. The molecule has 1 fully saturated rings. The van der Waals surface area contributed by atoms with E-state index in [1.807, 2.05) is 24.3 Å². The van der Waals surface area contributed by atoms with Gasteiger partial charge in [0.25, 0.3) is 0 Å². The predicted octanol–water partition coefficient (Wildman–Crippen LogP) is 4.97. The number of aliphatic imine (C=N–C) groups is 1. The van der Waals surface area contributed by atoms with Crippen molar-refractivity contribution in [3.63, 3.8) is 0 Å². The molecule has 1 aromatic carbocycles. The molecule has 0 saturated heterocycles. The van der Waals surface area contributed by atoms with Gasteiger partial charge in [-0.25, -0.2) is 0 Å². The maximum absolute atomic E-state index is 6.44. The zero-order valence-corrected chi connectivity index (χ0v) is 15.7. The molecule has 7 heteroatoms. The molecule has 0 atom stereocenters. The van der Waals surface area contributed by atoms with Crippen LogP contribution in [0.1, 0.15) is 41.5 Å². The van der Waals surface area contributed by atoms with Crippen LogP contribution in [-0.4, -0.2) is 20.5 Å². The number of hydrogen-bond acceptors (Lipinski definition) is 4. The molecule has 4 nitrogen and oxygen atoms in total. The molecule has 0 bridgehead atoms. The molecule has 0 radical (unpaired) electrons. The Labute approximate surface area is 156 Å². The van der Waals surface area contributed by atoms with Crippen molar-refractivity contribution in [2.45, 2.75) is 25.3 Å². The molecular formula is C17H12BrClN4S. The summed E-state index contributed by atoms with van der Waals surface area (Å²) in [5.74, 6) is 2.49. The lowest BCUT2D eigenvalue weighted by Crippen LogP contribution is -2.06. The van der Waals surface area contributed by atoms with Crippen LogP contribution < -0.4 is 0 Å². The van der Waals surface area contributed by atoms with Gasteiger partial charge in [0.1, 0.15) is 17.4 Å². The Bertz CT molecular complexity index is 986. The molecule has 0 N–H and O–H groups in total. The quantitative estimate of drug-likeness (QED) is 0.588. The molecule has 0 amide bonds. The Hall–Kier alpha value is -1.50. The number of thiophene rings is 1. The maximum Gasteiger partial charge on any atom is 0.160 e. The first kappa shape index (κ1) is 14.8. The summed E-state index contributed by atoms with van der Waals surface area (Å²) in [5.41, 5.74) is 2.96. The Morgan fingerprint density at radius 2 is 2.00 bits per heavy atom. The number of benzene rings is 1. The van der Waals surface area contributed by atoms with Gasteiger partial charge in [0, 0.05) is 22.1 Å². The van der Waals surface area contributed by atoms with Crippen LogP contribution in [0, 0.1) is 0 Å². The largest absolute Gasteiger partial charge is 0.276 e. The van der Waals surface area contributed by atoms with Gasteiger partial charge < -0.3 is 0 Å². The normalized spacial score (nSPS) is 16.3. The van der Waals surface area contributed by atoms with Gasteiger partial charge in [-0.2, -0.15) is 0 Å². The molecule has 5 rings (SSSR count). The van der Waals surface area contributed by atoms with E-state index in [2.05, 4.69) is 36.8 Å². The molecule has 0 spiro atoms. The molecule has 2 aromatic heterocycles. The van der Waals surface area contributed by atoms with E-state index in [1.54, 1.807) is 11.3 Å². The lowest BCUT2D eigenvalue weighted by molar-refractivity contribution is 0.843. The van der Waals surface area contributed by atoms with E-state index in [0.29, 0.717) is 17.5 Å². The summed E-state index contributed by atoms with van der Waals surface area (Å²) in [5, 5.41) is 10.7. The van der Waals surface area contributed by atoms with E-state index in [4.69, 9.17) is 16.6 Å². The van der Waals surface area contributed by atoms with Crippen molar-refractivity contribution in [2.75, 3.05) is 0 Å². The van der Waals surface area contributed by atoms with Crippen molar-refractivity contribution in [1.29, 1.82) is 0 Å². The summed E-state index contributed by atoms with van der Waals surface area (Å²) in [4.78, 5) is 4.84. The Morgan fingerprint density at radius 3 is 2.79 bits per heavy atom. The highest BCUT2D eigenvalue weighted by Crippen LogP contribution is 2.43. The minimum Gasteiger partial charge on any atom is -0.276 e. The van der Waals surface area contributed by atoms with Crippen molar-refractivity contribution in [1.82, 2.24) is 14.8 Å². The summed E-state index contributed by atoms with van der Waals surface area (Å²) in [6.45, 7) is 0.513. The highest BCUT2D eigenvalue weighted by Gasteiger charge is 2.33. The van der Waals surface area contributed by atoms with E-state index in [0.717, 1.165) is 37.3 Å². The molecule has 120 valence electrons. The first-order valence-electron chi connectivity index (χ1n) is 7.76.